The molecule has 0 atom stereocenters. The van der Waals surface area contributed by atoms with Crippen molar-refractivity contribution in [3.63, 3.8) is 0 Å². The van der Waals surface area contributed by atoms with Gasteiger partial charge < -0.3 is 15.7 Å². The van der Waals surface area contributed by atoms with Gasteiger partial charge in [0.2, 0.25) is 0 Å². The van der Waals surface area contributed by atoms with E-state index in [1.54, 1.807) is 0 Å². The molecule has 136 valence electrons. The summed E-state index contributed by atoms with van der Waals surface area (Å²) in [6, 6.07) is 9.99. The number of fused-ring (bicyclic) bond motifs is 1. The minimum Gasteiger partial charge on any atom is -0.481 e. The van der Waals surface area contributed by atoms with Gasteiger partial charge in [0.25, 0.3) is 5.91 Å². The summed E-state index contributed by atoms with van der Waals surface area (Å²) in [5, 5.41) is 16.4. The third kappa shape index (κ3) is 3.64. The zero-order chi connectivity index (χ0) is 18.1. The lowest BCUT2D eigenvalue weighted by Gasteiger charge is -2.27. The van der Waals surface area contributed by atoms with Crippen LogP contribution >= 0.6 is 0 Å². The maximum absolute atomic E-state index is 12.6. The molecule has 2 aliphatic carbocycles. The average molecular weight is 353 g/mol. The molecule has 6 nitrogen and oxygen atoms in total. The fourth-order valence-electron chi connectivity index (χ4n) is 3.62. The van der Waals surface area contributed by atoms with Gasteiger partial charge in [-0.15, -0.1) is 0 Å². The summed E-state index contributed by atoms with van der Waals surface area (Å²) in [6.07, 6.45) is 5.05. The summed E-state index contributed by atoms with van der Waals surface area (Å²) in [4.78, 5) is 28.4. The van der Waals surface area contributed by atoms with E-state index in [9.17, 15) is 9.59 Å². The summed E-state index contributed by atoms with van der Waals surface area (Å²) in [7, 11) is 0. The van der Waals surface area contributed by atoms with E-state index >= 15 is 0 Å². The second kappa shape index (κ2) is 6.94. The number of hydrogen-bond donors (Lipinski definition) is 3. The number of rotatable bonds is 5. The maximum atomic E-state index is 12.6. The van der Waals surface area contributed by atoms with Crippen LogP contribution in [0.25, 0.3) is 10.9 Å². The molecule has 0 saturated heterocycles. The summed E-state index contributed by atoms with van der Waals surface area (Å²) in [6.45, 7) is 0. The molecular formula is C20H23N3O3. The van der Waals surface area contributed by atoms with E-state index in [1.165, 1.54) is 0 Å². The Bertz CT molecular complexity index is 839. The van der Waals surface area contributed by atoms with Crippen LogP contribution in [0.2, 0.25) is 0 Å². The SMILES string of the molecule is O=C(NC1CC1)c1cc(NC2CCC(C(=O)O)CC2)nc2ccccc12. The van der Waals surface area contributed by atoms with Crippen LogP contribution in [0.3, 0.4) is 0 Å². The van der Waals surface area contributed by atoms with Gasteiger partial charge in [0.05, 0.1) is 17.0 Å². The first kappa shape index (κ1) is 16.8. The number of aromatic nitrogens is 1. The fourth-order valence-corrected chi connectivity index (χ4v) is 3.62. The van der Waals surface area contributed by atoms with Crippen molar-refractivity contribution in [1.29, 1.82) is 0 Å². The van der Waals surface area contributed by atoms with E-state index in [0.29, 0.717) is 30.3 Å². The standard InChI is InChI=1S/C20H23N3O3/c24-19(22-14-9-10-14)16-11-18(23-17-4-2-1-3-15(16)17)21-13-7-5-12(6-8-13)20(25)26/h1-4,11-14H,5-10H2,(H,21,23)(H,22,24)(H,25,26). The number of hydrogen-bond acceptors (Lipinski definition) is 4. The number of benzene rings is 1. The van der Waals surface area contributed by atoms with Crippen LogP contribution in [0.1, 0.15) is 48.9 Å². The number of carbonyl (C=O) groups is 2. The molecule has 1 aromatic carbocycles. The molecule has 2 aromatic rings. The summed E-state index contributed by atoms with van der Waals surface area (Å²) < 4.78 is 0. The number of para-hydroxylation sites is 1. The summed E-state index contributed by atoms with van der Waals surface area (Å²) >= 11 is 0. The van der Waals surface area contributed by atoms with Crippen LogP contribution in [0.5, 0.6) is 0 Å². The Morgan fingerprint density at radius 2 is 1.69 bits per heavy atom. The average Bonchev–Trinajstić information content (AvgIpc) is 3.45. The molecular weight excluding hydrogens is 330 g/mol. The molecule has 3 N–H and O–H groups in total. The van der Waals surface area contributed by atoms with E-state index < -0.39 is 5.97 Å². The molecule has 0 spiro atoms. The first-order chi connectivity index (χ1) is 12.6. The number of carboxylic acid groups (broad SMARTS) is 1. The van der Waals surface area contributed by atoms with Gasteiger partial charge in [-0.25, -0.2) is 4.98 Å². The lowest BCUT2D eigenvalue weighted by atomic mass is 9.86. The maximum Gasteiger partial charge on any atom is 0.306 e. The lowest BCUT2D eigenvalue weighted by molar-refractivity contribution is -0.142. The van der Waals surface area contributed by atoms with E-state index in [-0.39, 0.29) is 17.9 Å². The second-order valence-corrected chi connectivity index (χ2v) is 7.35. The fraction of sp³-hybridized carbons (Fsp3) is 0.450. The molecule has 1 heterocycles. The number of carboxylic acids is 1. The van der Waals surface area contributed by atoms with Gasteiger partial charge in [0.1, 0.15) is 5.82 Å². The Morgan fingerprint density at radius 3 is 2.38 bits per heavy atom. The quantitative estimate of drug-likeness (QED) is 0.768. The molecule has 1 amide bonds. The Labute approximate surface area is 152 Å². The number of carbonyl (C=O) groups excluding carboxylic acids is 1. The number of nitrogens with one attached hydrogen (secondary N) is 2. The van der Waals surface area contributed by atoms with E-state index in [0.717, 1.165) is 36.6 Å². The van der Waals surface area contributed by atoms with Gasteiger partial charge in [-0.05, 0) is 50.7 Å². The molecule has 0 aliphatic heterocycles. The number of pyridine rings is 1. The zero-order valence-corrected chi connectivity index (χ0v) is 14.6. The van der Waals surface area contributed by atoms with Gasteiger partial charge >= 0.3 is 5.97 Å². The summed E-state index contributed by atoms with van der Waals surface area (Å²) in [5.74, 6) is -0.309. The molecule has 4 rings (SSSR count). The van der Waals surface area contributed by atoms with Crippen molar-refractivity contribution >= 4 is 28.6 Å². The van der Waals surface area contributed by atoms with Gasteiger partial charge in [-0.3, -0.25) is 9.59 Å². The minimum absolute atomic E-state index is 0.0521. The lowest BCUT2D eigenvalue weighted by Crippen LogP contribution is -2.30. The third-order valence-electron chi connectivity index (χ3n) is 5.30. The first-order valence-electron chi connectivity index (χ1n) is 9.30. The Morgan fingerprint density at radius 1 is 1.00 bits per heavy atom. The Hall–Kier alpha value is -2.63. The van der Waals surface area contributed by atoms with E-state index in [4.69, 9.17) is 5.11 Å². The van der Waals surface area contributed by atoms with Crippen LogP contribution in [-0.2, 0) is 4.79 Å². The van der Waals surface area contributed by atoms with Crippen LogP contribution < -0.4 is 10.6 Å². The minimum atomic E-state index is -0.702. The molecule has 2 aliphatic rings. The number of aliphatic carboxylic acids is 1. The molecule has 0 bridgehead atoms. The largest absolute Gasteiger partial charge is 0.481 e. The highest BCUT2D eigenvalue weighted by Gasteiger charge is 2.27. The van der Waals surface area contributed by atoms with Crippen LogP contribution in [-0.4, -0.2) is 34.1 Å². The van der Waals surface area contributed by atoms with Crippen molar-refractivity contribution in [1.82, 2.24) is 10.3 Å². The van der Waals surface area contributed by atoms with Crippen molar-refractivity contribution in [2.45, 2.75) is 50.6 Å². The van der Waals surface area contributed by atoms with Crippen molar-refractivity contribution in [3.05, 3.63) is 35.9 Å². The molecule has 1 aromatic heterocycles. The molecule has 0 radical (unpaired) electrons. The third-order valence-corrected chi connectivity index (χ3v) is 5.30. The highest BCUT2D eigenvalue weighted by atomic mass is 16.4. The van der Waals surface area contributed by atoms with Crippen molar-refractivity contribution in [2.24, 2.45) is 5.92 Å². The zero-order valence-electron chi connectivity index (χ0n) is 14.6. The van der Waals surface area contributed by atoms with Gasteiger partial charge in [-0.2, -0.15) is 0 Å². The van der Waals surface area contributed by atoms with Crippen molar-refractivity contribution < 1.29 is 14.7 Å². The predicted octanol–water partition coefficient (Wildman–Crippen LogP) is 3.18. The number of nitrogens with zero attached hydrogens (tertiary/aromatic N) is 1. The van der Waals surface area contributed by atoms with Gasteiger partial charge in [0.15, 0.2) is 0 Å². The molecule has 2 saturated carbocycles. The van der Waals surface area contributed by atoms with Crippen LogP contribution in [0.4, 0.5) is 5.82 Å². The predicted molar refractivity (Wildman–Crippen MR) is 99.2 cm³/mol. The van der Waals surface area contributed by atoms with Crippen LogP contribution in [0, 0.1) is 5.92 Å². The number of anilines is 1. The molecule has 26 heavy (non-hydrogen) atoms. The topological polar surface area (TPSA) is 91.3 Å². The normalized spacial score (nSPS) is 22.8. The number of amides is 1. The highest BCUT2D eigenvalue weighted by Crippen LogP contribution is 2.28. The molecule has 6 heteroatoms. The monoisotopic (exact) mass is 353 g/mol. The summed E-state index contributed by atoms with van der Waals surface area (Å²) in [5.41, 5.74) is 1.43. The first-order valence-corrected chi connectivity index (χ1v) is 9.30. The van der Waals surface area contributed by atoms with Crippen molar-refractivity contribution in [3.8, 4) is 0 Å². The van der Waals surface area contributed by atoms with E-state index in [1.807, 2.05) is 30.3 Å². The van der Waals surface area contributed by atoms with Gasteiger partial charge in [0, 0.05) is 17.5 Å². The highest BCUT2D eigenvalue weighted by molar-refractivity contribution is 6.07. The Kier molecular flexibility index (Phi) is 4.49. The Balaban J connectivity index is 1.55. The van der Waals surface area contributed by atoms with Crippen LogP contribution in [0.15, 0.2) is 30.3 Å². The second-order valence-electron chi connectivity index (χ2n) is 7.35. The smallest absolute Gasteiger partial charge is 0.306 e. The van der Waals surface area contributed by atoms with Crippen molar-refractivity contribution in [2.75, 3.05) is 5.32 Å². The van der Waals surface area contributed by atoms with E-state index in [2.05, 4.69) is 15.6 Å². The van der Waals surface area contributed by atoms with Gasteiger partial charge in [-0.1, -0.05) is 18.2 Å². The molecule has 2 fully saturated rings. The molecule has 0 unspecified atom stereocenters.